The third kappa shape index (κ3) is 7.74. The Bertz CT molecular complexity index is 1960. The molecular formula is C37H39ClN6O7. The molecule has 2 unspecified atom stereocenters. The fourth-order valence-electron chi connectivity index (χ4n) is 6.58. The standard InChI is InChI=1S/C37H39ClN6O7/c1-22-42-43-34-30(41-33(23-10-12-26(38)13-11-23)29-19-27(50-2)14-15-31(29)44(22)34)20-32(45)39-16-17-40-35(46)24-6-5-9-28(18-24)51-21-37(49,36(47)48)25-7-3-4-8-25/h5-6,9-15,18-19,25,30,49H,3-4,7-8,16-17,20-21H2,1-2H3,(H,39,45)(H,40,46)(H,47,48). The predicted octanol–water partition coefficient (Wildman–Crippen LogP) is 4.45. The molecule has 13 nitrogen and oxygen atoms in total. The zero-order valence-corrected chi connectivity index (χ0v) is 29.0. The number of nitrogens with zero attached hydrogens (tertiary/aromatic N) is 4. The van der Waals surface area contributed by atoms with Gasteiger partial charge >= 0.3 is 5.97 Å². The van der Waals surface area contributed by atoms with Crippen molar-refractivity contribution in [1.29, 1.82) is 0 Å². The second kappa shape index (κ2) is 15.3. The number of amides is 2. The molecule has 4 aromatic rings. The number of aromatic nitrogens is 3. The number of halogens is 1. The average molecular weight is 715 g/mol. The molecule has 51 heavy (non-hydrogen) atoms. The highest BCUT2D eigenvalue weighted by molar-refractivity contribution is 6.30. The van der Waals surface area contributed by atoms with Gasteiger partial charge in [-0.15, -0.1) is 10.2 Å². The maximum Gasteiger partial charge on any atom is 0.339 e. The highest BCUT2D eigenvalue weighted by atomic mass is 35.5. The van der Waals surface area contributed by atoms with Gasteiger partial charge in [0.15, 0.2) is 11.4 Å². The number of methoxy groups -OCH3 is 1. The van der Waals surface area contributed by atoms with Crippen molar-refractivity contribution in [3.63, 3.8) is 0 Å². The van der Waals surface area contributed by atoms with Gasteiger partial charge in [0.2, 0.25) is 5.91 Å². The first-order valence-electron chi connectivity index (χ1n) is 16.8. The van der Waals surface area contributed by atoms with Crippen molar-refractivity contribution in [2.24, 2.45) is 10.9 Å². The number of aliphatic carboxylic acids is 1. The number of benzene rings is 3. The number of hydrogen-bond acceptors (Lipinski definition) is 9. The summed E-state index contributed by atoms with van der Waals surface area (Å²) in [5.74, 6) is -0.356. The van der Waals surface area contributed by atoms with Crippen molar-refractivity contribution < 1.29 is 34.1 Å². The number of aryl methyl sites for hydroxylation is 1. The highest BCUT2D eigenvalue weighted by Gasteiger charge is 2.46. The normalized spacial score (nSPS) is 16.5. The Morgan fingerprint density at radius 2 is 1.73 bits per heavy atom. The molecule has 14 heteroatoms. The van der Waals surface area contributed by atoms with Gasteiger partial charge < -0.3 is 30.3 Å². The maximum atomic E-state index is 13.3. The van der Waals surface area contributed by atoms with Crippen molar-refractivity contribution in [2.75, 3.05) is 26.8 Å². The lowest BCUT2D eigenvalue weighted by Gasteiger charge is -2.29. The van der Waals surface area contributed by atoms with Gasteiger partial charge in [-0.1, -0.05) is 42.6 Å². The van der Waals surface area contributed by atoms with Crippen molar-refractivity contribution in [3.05, 3.63) is 100 Å². The molecule has 0 saturated heterocycles. The monoisotopic (exact) mass is 714 g/mol. The molecule has 2 heterocycles. The summed E-state index contributed by atoms with van der Waals surface area (Å²) >= 11 is 6.19. The molecule has 3 aromatic carbocycles. The largest absolute Gasteiger partial charge is 0.497 e. The molecule has 1 fully saturated rings. The lowest BCUT2D eigenvalue weighted by atomic mass is 9.87. The molecule has 6 rings (SSSR count). The molecule has 1 saturated carbocycles. The van der Waals surface area contributed by atoms with Crippen LogP contribution in [0.15, 0.2) is 71.7 Å². The number of carbonyl (C=O) groups excluding carboxylic acids is 2. The van der Waals surface area contributed by atoms with Crippen LogP contribution < -0.4 is 20.1 Å². The van der Waals surface area contributed by atoms with Gasteiger partial charge in [0.25, 0.3) is 5.91 Å². The third-order valence-corrected chi connectivity index (χ3v) is 9.57. The molecule has 0 radical (unpaired) electrons. The number of aliphatic hydroxyl groups is 1. The van der Waals surface area contributed by atoms with Crippen LogP contribution in [0.2, 0.25) is 5.02 Å². The number of nitrogens with one attached hydrogen (secondary N) is 2. The summed E-state index contributed by atoms with van der Waals surface area (Å²) in [7, 11) is 1.59. The molecule has 4 N–H and O–H groups in total. The Morgan fingerprint density at radius 3 is 2.45 bits per heavy atom. The number of rotatable bonds is 13. The smallest absolute Gasteiger partial charge is 0.339 e. The third-order valence-electron chi connectivity index (χ3n) is 9.32. The van der Waals surface area contributed by atoms with E-state index in [0.29, 0.717) is 41.0 Å². The molecule has 0 bridgehead atoms. The number of fused-ring (bicyclic) bond motifs is 3. The van der Waals surface area contributed by atoms with Crippen molar-refractivity contribution in [3.8, 4) is 17.2 Å². The van der Waals surface area contributed by atoms with E-state index in [1.807, 2.05) is 41.8 Å². The first-order chi connectivity index (χ1) is 24.6. The van der Waals surface area contributed by atoms with Crippen LogP contribution in [0, 0.1) is 12.8 Å². The fraction of sp³-hybridized carbons (Fsp3) is 0.351. The van der Waals surface area contributed by atoms with Gasteiger partial charge in [-0.05, 0) is 68.3 Å². The van der Waals surface area contributed by atoms with E-state index in [2.05, 4.69) is 20.8 Å². The van der Waals surface area contributed by atoms with Crippen LogP contribution in [0.25, 0.3) is 5.69 Å². The van der Waals surface area contributed by atoms with E-state index in [4.69, 9.17) is 26.1 Å². The van der Waals surface area contributed by atoms with E-state index in [0.717, 1.165) is 29.7 Å². The molecule has 1 aromatic heterocycles. The molecular weight excluding hydrogens is 676 g/mol. The molecule has 2 amide bonds. The van der Waals surface area contributed by atoms with Gasteiger partial charge in [0.05, 0.1) is 24.9 Å². The van der Waals surface area contributed by atoms with Crippen LogP contribution >= 0.6 is 11.6 Å². The lowest BCUT2D eigenvalue weighted by molar-refractivity contribution is -0.169. The van der Waals surface area contributed by atoms with Crippen LogP contribution in [0.4, 0.5) is 0 Å². The summed E-state index contributed by atoms with van der Waals surface area (Å²) in [6.45, 7) is 1.70. The topological polar surface area (TPSA) is 177 Å². The number of carbonyl (C=O) groups is 3. The molecule has 2 aliphatic rings. The first-order valence-corrected chi connectivity index (χ1v) is 17.1. The minimum atomic E-state index is -2.00. The van der Waals surface area contributed by atoms with E-state index in [1.54, 1.807) is 37.4 Å². The van der Waals surface area contributed by atoms with Crippen molar-refractivity contribution in [2.45, 2.75) is 50.7 Å². The van der Waals surface area contributed by atoms with Gasteiger partial charge in [0, 0.05) is 40.7 Å². The van der Waals surface area contributed by atoms with Gasteiger partial charge in [-0.25, -0.2) is 4.79 Å². The highest BCUT2D eigenvalue weighted by Crippen LogP contribution is 2.36. The Kier molecular flexibility index (Phi) is 10.7. The lowest BCUT2D eigenvalue weighted by Crippen LogP contribution is -2.50. The molecule has 266 valence electrons. The van der Waals surface area contributed by atoms with E-state index in [9.17, 15) is 24.6 Å². The van der Waals surface area contributed by atoms with Crippen molar-refractivity contribution >= 4 is 35.1 Å². The molecule has 1 aliphatic carbocycles. The van der Waals surface area contributed by atoms with Gasteiger partial charge in [0.1, 0.15) is 30.0 Å². The van der Waals surface area contributed by atoms with Gasteiger partial charge in [-0.2, -0.15) is 0 Å². The number of carboxylic acid groups (broad SMARTS) is 1. The average Bonchev–Trinajstić information content (AvgIpc) is 3.79. The predicted molar refractivity (Wildman–Crippen MR) is 189 cm³/mol. The van der Waals surface area contributed by atoms with Gasteiger partial charge in [-0.3, -0.25) is 19.1 Å². The second-order valence-corrected chi connectivity index (χ2v) is 13.1. The van der Waals surface area contributed by atoms with E-state index >= 15 is 0 Å². The SMILES string of the molecule is COc1ccc2c(c1)C(c1ccc(Cl)cc1)=NC(CC(=O)NCCNC(=O)c1cccc(OCC(O)(C(=O)O)C3CCCC3)c1)c1nnc(C)n1-2. The number of hydrogen-bond donors (Lipinski definition) is 4. The van der Waals surface area contributed by atoms with Crippen LogP contribution in [-0.4, -0.2) is 80.9 Å². The summed E-state index contributed by atoms with van der Waals surface area (Å²) in [6.07, 6.45) is 2.94. The summed E-state index contributed by atoms with van der Waals surface area (Å²) in [6, 6.07) is 18.6. The summed E-state index contributed by atoms with van der Waals surface area (Å²) in [5, 5.41) is 35.5. The summed E-state index contributed by atoms with van der Waals surface area (Å²) < 4.78 is 13.1. The number of aliphatic imine (C=N–C) groups is 1. The zero-order valence-electron chi connectivity index (χ0n) is 28.3. The maximum absolute atomic E-state index is 13.3. The van der Waals surface area contributed by atoms with Crippen LogP contribution in [-0.2, 0) is 9.59 Å². The van der Waals surface area contributed by atoms with E-state index < -0.39 is 30.1 Å². The van der Waals surface area contributed by atoms with E-state index in [1.165, 1.54) is 6.07 Å². The molecule has 2 atom stereocenters. The first kappa shape index (κ1) is 35.6. The Morgan fingerprint density at radius 1 is 0.980 bits per heavy atom. The fourth-order valence-corrected chi connectivity index (χ4v) is 6.71. The van der Waals surface area contributed by atoms with Crippen LogP contribution in [0.5, 0.6) is 11.5 Å². The van der Waals surface area contributed by atoms with Crippen LogP contribution in [0.1, 0.15) is 71.3 Å². The Balaban J connectivity index is 1.10. The minimum Gasteiger partial charge on any atom is -0.497 e. The Labute approximate surface area is 299 Å². The number of ether oxygens (including phenoxy) is 2. The number of carboxylic acids is 1. The zero-order chi connectivity index (χ0) is 36.1. The molecule has 1 aliphatic heterocycles. The quantitative estimate of drug-likeness (QED) is 0.146. The Hall–Kier alpha value is -5.27. The van der Waals surface area contributed by atoms with E-state index in [-0.39, 0.29) is 42.6 Å². The second-order valence-electron chi connectivity index (χ2n) is 12.7. The van der Waals surface area contributed by atoms with Crippen LogP contribution in [0.3, 0.4) is 0 Å². The molecule has 0 spiro atoms. The summed E-state index contributed by atoms with van der Waals surface area (Å²) in [4.78, 5) is 43.2. The summed E-state index contributed by atoms with van der Waals surface area (Å²) in [5.41, 5.74) is 1.32. The minimum absolute atomic E-state index is 0.0305. The van der Waals surface area contributed by atoms with Crippen molar-refractivity contribution in [1.82, 2.24) is 25.4 Å².